The molecule has 90 valence electrons. The molecule has 0 aromatic carbocycles. The molecule has 1 aliphatic rings. The lowest BCUT2D eigenvalue weighted by Crippen LogP contribution is -2.07. The van der Waals surface area contributed by atoms with Gasteiger partial charge in [-0.25, -0.2) is 4.52 Å². The van der Waals surface area contributed by atoms with Gasteiger partial charge in [0.15, 0.2) is 5.82 Å². The van der Waals surface area contributed by atoms with Crippen molar-refractivity contribution in [2.75, 3.05) is 24.2 Å². The summed E-state index contributed by atoms with van der Waals surface area (Å²) in [7, 11) is 0. The van der Waals surface area contributed by atoms with E-state index in [9.17, 15) is 0 Å². The van der Waals surface area contributed by atoms with Gasteiger partial charge in [-0.1, -0.05) is 6.07 Å². The number of pyridine rings is 1. The van der Waals surface area contributed by atoms with Gasteiger partial charge < -0.3 is 16.2 Å². The van der Waals surface area contributed by atoms with Crippen LogP contribution in [0.2, 0.25) is 0 Å². The summed E-state index contributed by atoms with van der Waals surface area (Å²) in [4.78, 5) is 0. The highest BCUT2D eigenvalue weighted by Gasteiger charge is 2.18. The van der Waals surface area contributed by atoms with Crippen LogP contribution < -0.4 is 11.1 Å². The van der Waals surface area contributed by atoms with E-state index in [2.05, 4.69) is 16.5 Å². The summed E-state index contributed by atoms with van der Waals surface area (Å²) in [6, 6.07) is 4.17. The van der Waals surface area contributed by atoms with Gasteiger partial charge in [0.25, 0.3) is 0 Å². The number of fused-ring (bicyclic) bond motifs is 3. The van der Waals surface area contributed by atoms with Crippen molar-refractivity contribution in [3.05, 3.63) is 23.4 Å². The summed E-state index contributed by atoms with van der Waals surface area (Å²) in [5.74, 6) is 0.666. The van der Waals surface area contributed by atoms with E-state index in [1.54, 1.807) is 0 Å². The molecule has 2 heterocycles. The predicted molar refractivity (Wildman–Crippen MR) is 67.2 cm³/mol. The van der Waals surface area contributed by atoms with Gasteiger partial charge >= 0.3 is 0 Å². The van der Waals surface area contributed by atoms with Crippen LogP contribution in [0.3, 0.4) is 0 Å². The van der Waals surface area contributed by atoms with Crippen molar-refractivity contribution in [2.24, 2.45) is 0 Å². The lowest BCUT2D eigenvalue weighted by molar-refractivity contribution is 0.311. The monoisotopic (exact) mass is 232 g/mol. The van der Waals surface area contributed by atoms with E-state index in [0.29, 0.717) is 18.1 Å². The van der Waals surface area contributed by atoms with Crippen molar-refractivity contribution in [3.63, 3.8) is 0 Å². The third-order valence-electron chi connectivity index (χ3n) is 3.29. The third kappa shape index (κ3) is 1.54. The molecule has 0 aliphatic heterocycles. The maximum Gasteiger partial charge on any atom is 0.172 e. The Morgan fingerprint density at radius 3 is 3.12 bits per heavy atom. The van der Waals surface area contributed by atoms with Crippen LogP contribution in [-0.2, 0) is 12.8 Å². The molecular weight excluding hydrogens is 216 g/mol. The van der Waals surface area contributed by atoms with Crippen LogP contribution in [0.15, 0.2) is 12.1 Å². The van der Waals surface area contributed by atoms with Gasteiger partial charge in [-0.05, 0) is 30.9 Å². The molecule has 0 bridgehead atoms. The highest BCUT2D eigenvalue weighted by Crippen LogP contribution is 2.29. The first-order chi connectivity index (χ1) is 8.31. The molecule has 0 spiro atoms. The van der Waals surface area contributed by atoms with Crippen LogP contribution in [0.4, 0.5) is 11.5 Å². The molecule has 2 aromatic rings. The fourth-order valence-electron chi connectivity index (χ4n) is 2.47. The van der Waals surface area contributed by atoms with E-state index < -0.39 is 0 Å². The molecule has 0 saturated heterocycles. The molecule has 0 saturated carbocycles. The fraction of sp³-hybridized carbons (Fsp3) is 0.417. The van der Waals surface area contributed by atoms with E-state index in [1.807, 2.05) is 10.6 Å². The quantitative estimate of drug-likeness (QED) is 0.732. The van der Waals surface area contributed by atoms with Gasteiger partial charge in [-0.3, -0.25) is 0 Å². The molecule has 0 amide bonds. The summed E-state index contributed by atoms with van der Waals surface area (Å²) >= 11 is 0. The van der Waals surface area contributed by atoms with E-state index in [4.69, 9.17) is 10.8 Å². The Kier molecular flexibility index (Phi) is 2.40. The number of nitrogens with one attached hydrogen (secondary N) is 1. The SMILES string of the molecule is Nc1c(NCCO)nn2c3c(ccc12)CCC3. The smallest absolute Gasteiger partial charge is 0.172 e. The molecule has 0 radical (unpaired) electrons. The largest absolute Gasteiger partial charge is 0.395 e. The first kappa shape index (κ1) is 10.4. The molecule has 17 heavy (non-hydrogen) atoms. The fourth-order valence-corrected chi connectivity index (χ4v) is 2.47. The Balaban J connectivity index is 2.12. The van der Waals surface area contributed by atoms with Gasteiger partial charge in [0.2, 0.25) is 0 Å². The third-order valence-corrected chi connectivity index (χ3v) is 3.29. The maximum absolute atomic E-state index is 8.81. The van der Waals surface area contributed by atoms with Gasteiger partial charge in [-0.15, -0.1) is 5.10 Å². The van der Waals surface area contributed by atoms with Crippen molar-refractivity contribution < 1.29 is 5.11 Å². The van der Waals surface area contributed by atoms with E-state index in [0.717, 1.165) is 18.4 Å². The minimum Gasteiger partial charge on any atom is -0.395 e. The number of nitrogens with zero attached hydrogens (tertiary/aromatic N) is 2. The lowest BCUT2D eigenvalue weighted by Gasteiger charge is -2.01. The second-order valence-corrected chi connectivity index (χ2v) is 4.37. The number of aryl methyl sites for hydroxylation is 2. The first-order valence-corrected chi connectivity index (χ1v) is 5.95. The Hall–Kier alpha value is -1.75. The zero-order valence-electron chi connectivity index (χ0n) is 9.61. The van der Waals surface area contributed by atoms with Gasteiger partial charge in [0.05, 0.1) is 12.1 Å². The number of hydrogen-bond donors (Lipinski definition) is 3. The zero-order valence-corrected chi connectivity index (χ0v) is 9.61. The number of aliphatic hydroxyl groups excluding tert-OH is 1. The average molecular weight is 232 g/mol. The van der Waals surface area contributed by atoms with Crippen LogP contribution in [0.1, 0.15) is 17.7 Å². The molecule has 0 unspecified atom stereocenters. The molecule has 5 heteroatoms. The van der Waals surface area contributed by atoms with Gasteiger partial charge in [-0.2, -0.15) is 0 Å². The van der Waals surface area contributed by atoms with Crippen molar-refractivity contribution in [1.29, 1.82) is 0 Å². The Morgan fingerprint density at radius 1 is 1.41 bits per heavy atom. The molecular formula is C12H16N4O. The van der Waals surface area contributed by atoms with E-state index in [1.165, 1.54) is 17.7 Å². The number of hydrogen-bond acceptors (Lipinski definition) is 4. The lowest BCUT2D eigenvalue weighted by atomic mass is 10.2. The summed E-state index contributed by atoms with van der Waals surface area (Å²) < 4.78 is 1.94. The van der Waals surface area contributed by atoms with Crippen LogP contribution in [0, 0.1) is 0 Å². The highest BCUT2D eigenvalue weighted by atomic mass is 16.3. The Morgan fingerprint density at radius 2 is 2.29 bits per heavy atom. The Labute approximate surface area is 99.2 Å². The molecule has 0 atom stereocenters. The molecule has 5 nitrogen and oxygen atoms in total. The average Bonchev–Trinajstić information content (AvgIpc) is 2.91. The van der Waals surface area contributed by atoms with E-state index in [-0.39, 0.29) is 6.61 Å². The second kappa shape index (κ2) is 3.92. The standard InChI is InChI=1S/C12H16N4O/c13-11-10-5-4-8-2-1-3-9(8)16(10)15-12(11)14-6-7-17/h4-5,17H,1-3,6-7,13H2,(H,14,15). The number of nitrogens with two attached hydrogens (primary N) is 1. The molecule has 2 aromatic heterocycles. The Bertz CT molecular complexity index is 561. The maximum atomic E-state index is 8.81. The van der Waals surface area contributed by atoms with Crippen LogP contribution in [0.5, 0.6) is 0 Å². The highest BCUT2D eigenvalue weighted by molar-refractivity contribution is 5.81. The van der Waals surface area contributed by atoms with Gasteiger partial charge in [0, 0.05) is 12.2 Å². The number of nitrogen functional groups attached to an aromatic ring is 1. The van der Waals surface area contributed by atoms with Crippen LogP contribution >= 0.6 is 0 Å². The van der Waals surface area contributed by atoms with Gasteiger partial charge in [0.1, 0.15) is 5.69 Å². The second-order valence-electron chi connectivity index (χ2n) is 4.37. The van der Waals surface area contributed by atoms with Crippen molar-refractivity contribution in [2.45, 2.75) is 19.3 Å². The predicted octanol–water partition coefficient (Wildman–Crippen LogP) is 0.809. The summed E-state index contributed by atoms with van der Waals surface area (Å²) in [5.41, 5.74) is 10.3. The normalized spacial score (nSPS) is 14.2. The van der Waals surface area contributed by atoms with E-state index >= 15 is 0 Å². The van der Waals surface area contributed by atoms with Crippen molar-refractivity contribution in [1.82, 2.24) is 9.61 Å². The van der Waals surface area contributed by atoms with Crippen LogP contribution in [0.25, 0.3) is 5.52 Å². The number of aliphatic hydroxyl groups is 1. The van der Waals surface area contributed by atoms with Crippen molar-refractivity contribution >= 4 is 17.0 Å². The zero-order chi connectivity index (χ0) is 11.8. The molecule has 3 rings (SSSR count). The van der Waals surface area contributed by atoms with Crippen molar-refractivity contribution in [3.8, 4) is 0 Å². The summed E-state index contributed by atoms with van der Waals surface area (Å²) in [6.07, 6.45) is 3.38. The van der Waals surface area contributed by atoms with Crippen LogP contribution in [-0.4, -0.2) is 27.9 Å². The topological polar surface area (TPSA) is 75.6 Å². The minimum absolute atomic E-state index is 0.0748. The first-order valence-electron chi connectivity index (χ1n) is 5.95. The number of aromatic nitrogens is 2. The number of rotatable bonds is 3. The molecule has 4 N–H and O–H groups in total. The summed E-state index contributed by atoms with van der Waals surface area (Å²) in [5, 5.41) is 16.3. The minimum atomic E-state index is 0.0748. The molecule has 1 aliphatic carbocycles. The molecule has 0 fully saturated rings. The summed E-state index contributed by atoms with van der Waals surface area (Å²) in [6.45, 7) is 0.543. The number of anilines is 2.